The van der Waals surface area contributed by atoms with Gasteiger partial charge in [-0.15, -0.1) is 0 Å². The lowest BCUT2D eigenvalue weighted by Crippen LogP contribution is -2.27. The first kappa shape index (κ1) is 46.0. The maximum absolute atomic E-state index is 12.0. The number of amides is 1. The molecule has 0 aromatic carbocycles. The first-order chi connectivity index (χ1) is 22.8. The van der Waals surface area contributed by atoms with E-state index in [2.05, 4.69) is 19.2 Å². The zero-order valence-electron chi connectivity index (χ0n) is 30.5. The largest absolute Gasteiger partial charge is 0.472 e. The minimum atomic E-state index is -4.40. The quantitative estimate of drug-likeness (QED) is 0.0333. The van der Waals surface area contributed by atoms with Gasteiger partial charge in [-0.3, -0.25) is 18.6 Å². The standard InChI is InChI=1S/C37H74NO8P/c1-3-5-7-9-11-12-13-14-15-16-17-18-19-20-21-22-24-26-28-30-37(41)44-33-35(39)34-46-47(42,43)45-32-31-38-36(40)29-27-25-23-10-8-6-4-2/h35,39H,3-34H2,1-2H3,(H,38,40)(H,42,43). The third-order valence-electron chi connectivity index (χ3n) is 8.54. The number of phosphoric ester groups is 1. The van der Waals surface area contributed by atoms with Crippen molar-refractivity contribution in [3.8, 4) is 0 Å². The molecular formula is C37H74NO8P. The van der Waals surface area contributed by atoms with Crippen molar-refractivity contribution in [1.82, 2.24) is 5.32 Å². The van der Waals surface area contributed by atoms with Crippen LogP contribution in [0.1, 0.15) is 194 Å². The summed E-state index contributed by atoms with van der Waals surface area (Å²) in [4.78, 5) is 33.6. The number of esters is 1. The van der Waals surface area contributed by atoms with Crippen molar-refractivity contribution >= 4 is 19.7 Å². The van der Waals surface area contributed by atoms with E-state index in [0.29, 0.717) is 12.8 Å². The molecule has 0 aliphatic carbocycles. The van der Waals surface area contributed by atoms with Gasteiger partial charge in [-0.2, -0.15) is 0 Å². The molecule has 0 heterocycles. The maximum Gasteiger partial charge on any atom is 0.472 e. The molecule has 47 heavy (non-hydrogen) atoms. The number of carbonyl (C=O) groups is 2. The summed E-state index contributed by atoms with van der Waals surface area (Å²) in [6, 6.07) is 0. The molecular weight excluding hydrogens is 617 g/mol. The van der Waals surface area contributed by atoms with E-state index in [1.165, 1.54) is 128 Å². The normalized spacial score (nSPS) is 13.4. The van der Waals surface area contributed by atoms with Gasteiger partial charge in [0.15, 0.2) is 0 Å². The third kappa shape index (κ3) is 36.1. The first-order valence-electron chi connectivity index (χ1n) is 19.5. The van der Waals surface area contributed by atoms with Gasteiger partial charge in [-0.25, -0.2) is 4.57 Å². The van der Waals surface area contributed by atoms with Gasteiger partial charge in [0.25, 0.3) is 0 Å². The van der Waals surface area contributed by atoms with Crippen LogP contribution in [0.15, 0.2) is 0 Å². The monoisotopic (exact) mass is 692 g/mol. The molecule has 0 fully saturated rings. The molecule has 3 N–H and O–H groups in total. The fourth-order valence-corrected chi connectivity index (χ4v) is 6.31. The molecule has 0 radical (unpaired) electrons. The van der Waals surface area contributed by atoms with Gasteiger partial charge < -0.3 is 20.1 Å². The molecule has 10 heteroatoms. The number of unbranched alkanes of at least 4 members (excludes halogenated alkanes) is 24. The number of rotatable bonds is 37. The van der Waals surface area contributed by atoms with Gasteiger partial charge >= 0.3 is 13.8 Å². The summed E-state index contributed by atoms with van der Waals surface area (Å²) in [5.74, 6) is -0.514. The second kappa shape index (κ2) is 34.9. The minimum Gasteiger partial charge on any atom is -0.463 e. The Morgan fingerprint density at radius 2 is 0.957 bits per heavy atom. The lowest BCUT2D eigenvalue weighted by atomic mass is 10.0. The Balaban J connectivity index is 3.54. The average Bonchev–Trinajstić information content (AvgIpc) is 3.05. The maximum atomic E-state index is 12.0. The topological polar surface area (TPSA) is 131 Å². The molecule has 280 valence electrons. The number of hydrogen-bond donors (Lipinski definition) is 3. The number of nitrogens with one attached hydrogen (secondary N) is 1. The SMILES string of the molecule is CCCCCCCCCCCCCCCCCCCCCC(=O)OCC(O)COP(=O)(O)OCCNC(=O)CCCCCCCCC. The van der Waals surface area contributed by atoms with Crippen LogP contribution in [0.2, 0.25) is 0 Å². The van der Waals surface area contributed by atoms with E-state index in [9.17, 15) is 24.2 Å². The summed E-state index contributed by atoms with van der Waals surface area (Å²) < 4.78 is 26.7. The molecule has 0 saturated carbocycles. The number of ether oxygens (including phenoxy) is 1. The Morgan fingerprint density at radius 1 is 0.574 bits per heavy atom. The fourth-order valence-electron chi connectivity index (χ4n) is 5.56. The summed E-state index contributed by atoms with van der Waals surface area (Å²) in [5.41, 5.74) is 0. The van der Waals surface area contributed by atoms with Crippen molar-refractivity contribution in [1.29, 1.82) is 0 Å². The van der Waals surface area contributed by atoms with Gasteiger partial charge in [0.1, 0.15) is 12.7 Å². The molecule has 2 unspecified atom stereocenters. The highest BCUT2D eigenvalue weighted by molar-refractivity contribution is 7.47. The zero-order valence-corrected chi connectivity index (χ0v) is 31.4. The molecule has 9 nitrogen and oxygen atoms in total. The van der Waals surface area contributed by atoms with Crippen LogP contribution in [-0.2, 0) is 27.9 Å². The van der Waals surface area contributed by atoms with Crippen LogP contribution in [0, 0.1) is 0 Å². The molecule has 0 rings (SSSR count). The molecule has 0 saturated heterocycles. The second-order valence-electron chi connectivity index (χ2n) is 13.3. The molecule has 0 aromatic rings. The lowest BCUT2D eigenvalue weighted by molar-refractivity contribution is -0.147. The van der Waals surface area contributed by atoms with Crippen molar-refractivity contribution in [2.75, 3.05) is 26.4 Å². The number of aliphatic hydroxyl groups is 1. The summed E-state index contributed by atoms with van der Waals surface area (Å²) in [6.45, 7) is 3.52. The van der Waals surface area contributed by atoms with Gasteiger partial charge in [-0.05, 0) is 12.8 Å². The van der Waals surface area contributed by atoms with E-state index in [4.69, 9.17) is 13.8 Å². The van der Waals surface area contributed by atoms with Crippen molar-refractivity contribution in [2.45, 2.75) is 200 Å². The molecule has 0 aliphatic heterocycles. The van der Waals surface area contributed by atoms with Crippen molar-refractivity contribution in [2.24, 2.45) is 0 Å². The summed E-state index contributed by atoms with van der Waals surface area (Å²) >= 11 is 0. The van der Waals surface area contributed by atoms with Crippen LogP contribution in [0.3, 0.4) is 0 Å². The van der Waals surface area contributed by atoms with Gasteiger partial charge in [0.2, 0.25) is 5.91 Å². The van der Waals surface area contributed by atoms with Crippen LogP contribution in [0.25, 0.3) is 0 Å². The third-order valence-corrected chi connectivity index (χ3v) is 9.52. The summed E-state index contributed by atoms with van der Waals surface area (Å²) in [6.07, 6.45) is 32.0. The van der Waals surface area contributed by atoms with E-state index in [1.54, 1.807) is 0 Å². The predicted molar refractivity (Wildman–Crippen MR) is 192 cm³/mol. The highest BCUT2D eigenvalue weighted by Gasteiger charge is 2.23. The lowest BCUT2D eigenvalue weighted by Gasteiger charge is -2.15. The van der Waals surface area contributed by atoms with E-state index in [1.807, 2.05) is 0 Å². The second-order valence-corrected chi connectivity index (χ2v) is 14.7. The Kier molecular flexibility index (Phi) is 34.1. The Morgan fingerprint density at radius 3 is 1.38 bits per heavy atom. The molecule has 0 spiro atoms. The van der Waals surface area contributed by atoms with E-state index in [-0.39, 0.29) is 25.7 Å². The Bertz CT molecular complexity index is 754. The summed E-state index contributed by atoms with van der Waals surface area (Å²) in [7, 11) is -4.40. The van der Waals surface area contributed by atoms with Gasteiger partial charge in [0.05, 0.1) is 13.2 Å². The Hall–Kier alpha value is -0.990. The first-order valence-corrected chi connectivity index (χ1v) is 21.0. The van der Waals surface area contributed by atoms with E-state index < -0.39 is 26.5 Å². The summed E-state index contributed by atoms with van der Waals surface area (Å²) in [5, 5.41) is 12.6. The van der Waals surface area contributed by atoms with Gasteiger partial charge in [0, 0.05) is 19.4 Å². The van der Waals surface area contributed by atoms with Gasteiger partial charge in [-0.1, -0.05) is 168 Å². The predicted octanol–water partition coefficient (Wildman–Crippen LogP) is 10.1. The average molecular weight is 692 g/mol. The van der Waals surface area contributed by atoms with Crippen molar-refractivity contribution < 1.29 is 37.9 Å². The minimum absolute atomic E-state index is 0.0862. The smallest absolute Gasteiger partial charge is 0.463 e. The highest BCUT2D eigenvalue weighted by Crippen LogP contribution is 2.42. The van der Waals surface area contributed by atoms with E-state index in [0.717, 1.165) is 38.5 Å². The van der Waals surface area contributed by atoms with Crippen LogP contribution in [0.4, 0.5) is 0 Å². The van der Waals surface area contributed by atoms with Crippen LogP contribution < -0.4 is 5.32 Å². The molecule has 2 atom stereocenters. The van der Waals surface area contributed by atoms with Crippen molar-refractivity contribution in [3.63, 3.8) is 0 Å². The molecule has 1 amide bonds. The van der Waals surface area contributed by atoms with Crippen LogP contribution in [-0.4, -0.2) is 54.3 Å². The number of aliphatic hydroxyl groups excluding tert-OH is 1. The molecule has 0 aliphatic rings. The number of carbonyl (C=O) groups excluding carboxylic acids is 2. The Labute approximate surface area is 288 Å². The molecule has 0 aromatic heterocycles. The zero-order chi connectivity index (χ0) is 34.7. The van der Waals surface area contributed by atoms with Crippen LogP contribution >= 0.6 is 7.82 Å². The highest BCUT2D eigenvalue weighted by atomic mass is 31.2. The molecule has 0 bridgehead atoms. The van der Waals surface area contributed by atoms with Crippen molar-refractivity contribution in [3.05, 3.63) is 0 Å². The fraction of sp³-hybridized carbons (Fsp3) is 0.946. The number of phosphoric acid groups is 1. The number of hydrogen-bond acceptors (Lipinski definition) is 7. The van der Waals surface area contributed by atoms with Crippen LogP contribution in [0.5, 0.6) is 0 Å². The van der Waals surface area contributed by atoms with E-state index >= 15 is 0 Å².